The van der Waals surface area contributed by atoms with E-state index >= 15 is 0 Å². The van der Waals surface area contributed by atoms with E-state index in [2.05, 4.69) is 10.1 Å². The molecule has 0 saturated carbocycles. The number of nitrogens with two attached hydrogens (primary N) is 1. The Morgan fingerprint density at radius 2 is 1.72 bits per heavy atom. The molecule has 0 unspecified atom stereocenters. The van der Waals surface area contributed by atoms with Crippen LogP contribution in [-0.2, 0) is 14.8 Å². The normalized spacial score (nSPS) is 11.5. The van der Waals surface area contributed by atoms with E-state index in [9.17, 15) is 22.0 Å². The molecule has 8 nitrogen and oxygen atoms in total. The standard InChI is InChI=1S/C18H18F2N2O6S/c1-26-14-7-5-12(10-16(14)29(21,24)25)22-17(23)8-4-11-3-6-13(28-18(19)20)15(9-11)27-2/h3-10,18H,1-2H3,(H,22,23)(H2,21,24,25)/b8-4+. The number of carbonyl (C=O) groups is 1. The maximum Gasteiger partial charge on any atom is 0.387 e. The summed E-state index contributed by atoms with van der Waals surface area (Å²) in [5.74, 6) is -0.597. The topological polar surface area (TPSA) is 117 Å². The number of carbonyl (C=O) groups excluding carboxylic acids is 1. The molecule has 3 N–H and O–H groups in total. The second-order valence-corrected chi connectivity index (χ2v) is 7.05. The monoisotopic (exact) mass is 428 g/mol. The summed E-state index contributed by atoms with van der Waals surface area (Å²) in [5.41, 5.74) is 0.668. The number of benzene rings is 2. The van der Waals surface area contributed by atoms with Crippen LogP contribution >= 0.6 is 0 Å². The highest BCUT2D eigenvalue weighted by atomic mass is 32.2. The lowest BCUT2D eigenvalue weighted by atomic mass is 10.2. The molecule has 0 bridgehead atoms. The Labute approximate surface area is 165 Å². The second kappa shape index (κ2) is 9.34. The van der Waals surface area contributed by atoms with Gasteiger partial charge < -0.3 is 19.5 Å². The van der Waals surface area contributed by atoms with Crippen LogP contribution in [0.25, 0.3) is 6.08 Å². The molecule has 1 amide bonds. The number of sulfonamides is 1. The summed E-state index contributed by atoms with van der Waals surface area (Å²) in [5, 5.41) is 7.62. The third-order valence-electron chi connectivity index (χ3n) is 3.57. The summed E-state index contributed by atoms with van der Waals surface area (Å²) in [6.07, 6.45) is 2.58. The fourth-order valence-electron chi connectivity index (χ4n) is 2.31. The number of halogens is 2. The summed E-state index contributed by atoms with van der Waals surface area (Å²) in [4.78, 5) is 11.8. The van der Waals surface area contributed by atoms with E-state index < -0.39 is 22.5 Å². The molecular formula is C18H18F2N2O6S. The first kappa shape index (κ1) is 22.1. The van der Waals surface area contributed by atoms with E-state index in [4.69, 9.17) is 14.6 Å². The third kappa shape index (κ3) is 6.16. The Morgan fingerprint density at radius 1 is 1.07 bits per heavy atom. The molecule has 156 valence electrons. The molecule has 2 aromatic carbocycles. The lowest BCUT2D eigenvalue weighted by molar-refractivity contribution is -0.111. The smallest absolute Gasteiger partial charge is 0.387 e. The van der Waals surface area contributed by atoms with Gasteiger partial charge in [-0.2, -0.15) is 8.78 Å². The van der Waals surface area contributed by atoms with Gasteiger partial charge in [0.2, 0.25) is 15.9 Å². The SMILES string of the molecule is COc1cc(/C=C/C(=O)Nc2ccc(OC)c(S(N)(=O)=O)c2)ccc1OC(F)F. The predicted molar refractivity (Wildman–Crippen MR) is 102 cm³/mol. The van der Waals surface area contributed by atoms with Crippen LogP contribution in [0.15, 0.2) is 47.4 Å². The maximum absolute atomic E-state index is 12.4. The molecule has 0 radical (unpaired) electrons. The first-order valence-corrected chi connectivity index (χ1v) is 9.51. The number of primary sulfonamides is 1. The largest absolute Gasteiger partial charge is 0.495 e. The second-order valence-electron chi connectivity index (χ2n) is 5.52. The van der Waals surface area contributed by atoms with E-state index in [1.54, 1.807) is 0 Å². The van der Waals surface area contributed by atoms with Crippen LogP contribution in [0.1, 0.15) is 5.56 Å². The Hall–Kier alpha value is -3.18. The van der Waals surface area contributed by atoms with E-state index in [0.717, 1.165) is 0 Å². The Morgan fingerprint density at radius 3 is 2.31 bits per heavy atom. The number of hydrogen-bond acceptors (Lipinski definition) is 6. The molecular weight excluding hydrogens is 410 g/mol. The minimum atomic E-state index is -4.05. The Kier molecular flexibility index (Phi) is 7.13. The van der Waals surface area contributed by atoms with Gasteiger partial charge in [0, 0.05) is 11.8 Å². The molecule has 0 aliphatic carbocycles. The molecule has 11 heteroatoms. The number of methoxy groups -OCH3 is 2. The highest BCUT2D eigenvalue weighted by Crippen LogP contribution is 2.30. The minimum absolute atomic E-state index is 0.0410. The summed E-state index contributed by atoms with van der Waals surface area (Å²) in [6.45, 7) is -3.00. The van der Waals surface area contributed by atoms with Crippen LogP contribution in [0, 0.1) is 0 Å². The molecule has 0 aromatic heterocycles. The zero-order valence-corrected chi connectivity index (χ0v) is 16.2. The van der Waals surface area contributed by atoms with Crippen molar-refractivity contribution in [3.05, 3.63) is 48.0 Å². The van der Waals surface area contributed by atoms with Crippen LogP contribution in [-0.4, -0.2) is 35.2 Å². The van der Waals surface area contributed by atoms with Gasteiger partial charge in [-0.25, -0.2) is 13.6 Å². The Balaban J connectivity index is 2.16. The molecule has 29 heavy (non-hydrogen) atoms. The van der Waals surface area contributed by atoms with Gasteiger partial charge in [-0.05, 0) is 42.0 Å². The van der Waals surface area contributed by atoms with Gasteiger partial charge in [-0.3, -0.25) is 4.79 Å². The molecule has 0 saturated heterocycles. The van der Waals surface area contributed by atoms with Crippen molar-refractivity contribution in [1.82, 2.24) is 0 Å². The number of ether oxygens (including phenoxy) is 3. The maximum atomic E-state index is 12.4. The van der Waals surface area contributed by atoms with Gasteiger partial charge in [0.15, 0.2) is 11.5 Å². The highest BCUT2D eigenvalue weighted by molar-refractivity contribution is 7.89. The first-order chi connectivity index (χ1) is 13.6. The lowest BCUT2D eigenvalue weighted by Crippen LogP contribution is -2.15. The van der Waals surface area contributed by atoms with Crippen LogP contribution in [0.5, 0.6) is 17.2 Å². The zero-order chi connectivity index (χ0) is 21.6. The van der Waals surface area contributed by atoms with Crippen LogP contribution in [0.4, 0.5) is 14.5 Å². The van der Waals surface area contributed by atoms with Gasteiger partial charge >= 0.3 is 6.61 Å². The number of rotatable bonds is 8. The van der Waals surface area contributed by atoms with Gasteiger partial charge in [-0.1, -0.05) is 6.07 Å². The van der Waals surface area contributed by atoms with Gasteiger partial charge in [0.1, 0.15) is 10.6 Å². The van der Waals surface area contributed by atoms with Crippen molar-refractivity contribution in [3.63, 3.8) is 0 Å². The van der Waals surface area contributed by atoms with Gasteiger partial charge in [0.25, 0.3) is 0 Å². The van der Waals surface area contributed by atoms with Crippen molar-refractivity contribution in [2.45, 2.75) is 11.5 Å². The van der Waals surface area contributed by atoms with Crippen LogP contribution in [0.3, 0.4) is 0 Å². The summed E-state index contributed by atoms with van der Waals surface area (Å²) < 4.78 is 62.2. The first-order valence-electron chi connectivity index (χ1n) is 7.97. The number of anilines is 1. The molecule has 2 rings (SSSR count). The quantitative estimate of drug-likeness (QED) is 0.624. The van der Waals surface area contributed by atoms with Crippen molar-refractivity contribution in [2.24, 2.45) is 5.14 Å². The lowest BCUT2D eigenvalue weighted by Gasteiger charge is -2.10. The molecule has 0 aliphatic heterocycles. The summed E-state index contributed by atoms with van der Waals surface area (Å²) >= 11 is 0. The minimum Gasteiger partial charge on any atom is -0.495 e. The van der Waals surface area contributed by atoms with Gasteiger partial charge in [-0.15, -0.1) is 0 Å². The average Bonchev–Trinajstić information content (AvgIpc) is 2.66. The summed E-state index contributed by atoms with van der Waals surface area (Å²) in [7, 11) is -1.47. The summed E-state index contributed by atoms with van der Waals surface area (Å²) in [6, 6.07) is 8.11. The molecule has 0 fully saturated rings. The molecule has 0 aliphatic rings. The number of hydrogen-bond donors (Lipinski definition) is 2. The van der Waals surface area contributed by atoms with E-state index in [-0.39, 0.29) is 27.8 Å². The number of alkyl halides is 2. The fraction of sp³-hybridized carbons (Fsp3) is 0.167. The van der Waals surface area contributed by atoms with Crippen LogP contribution in [0.2, 0.25) is 0 Å². The zero-order valence-electron chi connectivity index (χ0n) is 15.4. The fourth-order valence-corrected chi connectivity index (χ4v) is 3.04. The van der Waals surface area contributed by atoms with Crippen LogP contribution < -0.4 is 24.7 Å². The molecule has 0 heterocycles. The van der Waals surface area contributed by atoms with E-state index in [1.807, 2.05) is 0 Å². The molecule has 0 spiro atoms. The third-order valence-corrected chi connectivity index (χ3v) is 4.50. The van der Waals surface area contributed by atoms with E-state index in [1.165, 1.54) is 62.8 Å². The highest BCUT2D eigenvalue weighted by Gasteiger charge is 2.16. The van der Waals surface area contributed by atoms with Gasteiger partial charge in [0.05, 0.1) is 14.2 Å². The molecule has 2 aromatic rings. The van der Waals surface area contributed by atoms with Crippen molar-refractivity contribution < 1.29 is 36.2 Å². The van der Waals surface area contributed by atoms with Crippen molar-refractivity contribution in [3.8, 4) is 17.2 Å². The van der Waals surface area contributed by atoms with Crippen molar-refractivity contribution in [1.29, 1.82) is 0 Å². The Bertz CT molecular complexity index is 1030. The van der Waals surface area contributed by atoms with E-state index in [0.29, 0.717) is 5.56 Å². The predicted octanol–water partition coefficient (Wildman–Crippen LogP) is 2.60. The average molecular weight is 428 g/mol. The van der Waals surface area contributed by atoms with Crippen molar-refractivity contribution in [2.75, 3.05) is 19.5 Å². The van der Waals surface area contributed by atoms with Crippen molar-refractivity contribution >= 4 is 27.7 Å². The number of nitrogens with one attached hydrogen (secondary N) is 1. The molecule has 0 atom stereocenters. The number of amides is 1.